The third kappa shape index (κ3) is 4.68. The summed E-state index contributed by atoms with van der Waals surface area (Å²) in [6.07, 6.45) is 4.65. The van der Waals surface area contributed by atoms with Gasteiger partial charge in [0.1, 0.15) is 6.10 Å². The van der Waals surface area contributed by atoms with E-state index in [-0.39, 0.29) is 22.8 Å². The summed E-state index contributed by atoms with van der Waals surface area (Å²) in [6, 6.07) is 11.5. The molecule has 0 saturated heterocycles. The van der Waals surface area contributed by atoms with Crippen molar-refractivity contribution in [2.75, 3.05) is 0 Å². The number of pyridine rings is 1. The van der Waals surface area contributed by atoms with Crippen LogP contribution in [-0.4, -0.2) is 31.3 Å². The number of ether oxygens (including phenoxy) is 1. The van der Waals surface area contributed by atoms with Gasteiger partial charge in [-0.2, -0.15) is 0 Å². The van der Waals surface area contributed by atoms with Gasteiger partial charge in [-0.1, -0.05) is 18.2 Å². The monoisotopic (exact) mass is 374 g/mol. The first-order valence-electron chi connectivity index (χ1n) is 8.65. The minimum atomic E-state index is -3.65. The molecule has 1 aliphatic carbocycles. The summed E-state index contributed by atoms with van der Waals surface area (Å²) in [5.74, 6) is 0.437. The Labute approximate surface area is 153 Å². The molecule has 0 bridgehead atoms. The first-order chi connectivity index (χ1) is 12.4. The molecule has 1 aromatic carbocycles. The number of hydrogen-bond donors (Lipinski definition) is 1. The smallest absolute Gasteiger partial charge is 0.240 e. The maximum atomic E-state index is 12.6. The van der Waals surface area contributed by atoms with Crippen LogP contribution in [0.3, 0.4) is 0 Å². The molecule has 1 aliphatic rings. The summed E-state index contributed by atoms with van der Waals surface area (Å²) in [6.45, 7) is 1.42. The molecule has 0 radical (unpaired) electrons. The van der Waals surface area contributed by atoms with Gasteiger partial charge in [-0.15, -0.1) is 0 Å². The van der Waals surface area contributed by atoms with E-state index in [1.165, 1.54) is 19.1 Å². The molecule has 0 atom stereocenters. The van der Waals surface area contributed by atoms with E-state index in [1.807, 2.05) is 18.2 Å². The molecule has 6 nitrogen and oxygen atoms in total. The Balaban J connectivity index is 1.58. The molecule has 7 heteroatoms. The number of nitrogens with zero attached hydrogens (tertiary/aromatic N) is 1. The zero-order valence-electron chi connectivity index (χ0n) is 14.6. The zero-order valence-corrected chi connectivity index (χ0v) is 15.4. The standard InChI is InChI=1S/C19H22N2O4S/c1-14(22)15-5-4-6-18(13-15)26(23,24)21-16-8-10-17(11-9-16)25-19-7-2-3-12-20-19/h2-7,12-13,16-17,21H,8-11H2,1H3. The number of ketones is 1. The highest BCUT2D eigenvalue weighted by Crippen LogP contribution is 2.24. The van der Waals surface area contributed by atoms with Crippen LogP contribution in [0.5, 0.6) is 5.88 Å². The van der Waals surface area contributed by atoms with E-state index >= 15 is 0 Å². The minimum Gasteiger partial charge on any atom is -0.474 e. The lowest BCUT2D eigenvalue weighted by atomic mass is 9.94. The van der Waals surface area contributed by atoms with Crippen molar-refractivity contribution < 1.29 is 17.9 Å². The van der Waals surface area contributed by atoms with E-state index < -0.39 is 10.0 Å². The fourth-order valence-electron chi connectivity index (χ4n) is 3.06. The van der Waals surface area contributed by atoms with Gasteiger partial charge in [0.25, 0.3) is 0 Å². The molecule has 3 rings (SSSR count). The number of carbonyl (C=O) groups excluding carboxylic acids is 1. The van der Waals surface area contributed by atoms with E-state index in [4.69, 9.17) is 4.74 Å². The lowest BCUT2D eigenvalue weighted by Crippen LogP contribution is -2.39. The van der Waals surface area contributed by atoms with Crippen LogP contribution < -0.4 is 9.46 Å². The largest absolute Gasteiger partial charge is 0.474 e. The van der Waals surface area contributed by atoms with Crippen molar-refractivity contribution in [3.05, 3.63) is 54.2 Å². The fraction of sp³-hybridized carbons (Fsp3) is 0.368. The quantitative estimate of drug-likeness (QED) is 0.786. The van der Waals surface area contributed by atoms with Crippen LogP contribution in [0.15, 0.2) is 53.6 Å². The lowest BCUT2D eigenvalue weighted by Gasteiger charge is -2.29. The van der Waals surface area contributed by atoms with Gasteiger partial charge in [0.05, 0.1) is 4.90 Å². The molecule has 1 saturated carbocycles. The van der Waals surface area contributed by atoms with Gasteiger partial charge in [0.2, 0.25) is 15.9 Å². The molecular formula is C19H22N2O4S. The van der Waals surface area contributed by atoms with Crippen LogP contribution >= 0.6 is 0 Å². The second kappa shape index (κ2) is 7.97. The van der Waals surface area contributed by atoms with Gasteiger partial charge in [-0.3, -0.25) is 4.79 Å². The van der Waals surface area contributed by atoms with Crippen LogP contribution in [0.25, 0.3) is 0 Å². The molecule has 0 unspecified atom stereocenters. The molecule has 2 aromatic rings. The Morgan fingerprint density at radius 2 is 1.88 bits per heavy atom. The SMILES string of the molecule is CC(=O)c1cccc(S(=O)(=O)NC2CCC(Oc3ccccn3)CC2)c1. The lowest BCUT2D eigenvalue weighted by molar-refractivity contribution is 0.101. The highest BCUT2D eigenvalue weighted by molar-refractivity contribution is 7.89. The molecule has 0 spiro atoms. The molecule has 0 amide bonds. The number of Topliss-reactive ketones (excluding diaryl/α,β-unsaturated/α-hetero) is 1. The van der Waals surface area contributed by atoms with Gasteiger partial charge in [0, 0.05) is 23.9 Å². The Morgan fingerprint density at radius 1 is 1.12 bits per heavy atom. The maximum Gasteiger partial charge on any atom is 0.240 e. The first-order valence-corrected chi connectivity index (χ1v) is 10.1. The van der Waals surface area contributed by atoms with E-state index in [0.717, 1.165) is 12.8 Å². The summed E-state index contributed by atoms with van der Waals surface area (Å²) >= 11 is 0. The van der Waals surface area contributed by atoms with E-state index in [9.17, 15) is 13.2 Å². The van der Waals surface area contributed by atoms with Crippen molar-refractivity contribution in [2.45, 2.75) is 49.6 Å². The molecule has 1 aromatic heterocycles. The molecule has 1 fully saturated rings. The highest BCUT2D eigenvalue weighted by Gasteiger charge is 2.27. The summed E-state index contributed by atoms with van der Waals surface area (Å²) in [4.78, 5) is 15.7. The number of carbonyl (C=O) groups is 1. The van der Waals surface area contributed by atoms with Crippen molar-refractivity contribution >= 4 is 15.8 Å². The number of hydrogen-bond acceptors (Lipinski definition) is 5. The topological polar surface area (TPSA) is 85.4 Å². The molecule has 138 valence electrons. The summed E-state index contributed by atoms with van der Waals surface area (Å²) < 4.78 is 33.8. The van der Waals surface area contributed by atoms with Crippen LogP contribution in [-0.2, 0) is 10.0 Å². The number of rotatable bonds is 6. The predicted octanol–water partition coefficient (Wildman–Crippen LogP) is 2.95. The van der Waals surface area contributed by atoms with E-state index in [1.54, 1.807) is 18.3 Å². The Hall–Kier alpha value is -2.25. The van der Waals surface area contributed by atoms with Crippen LogP contribution in [0.1, 0.15) is 43.0 Å². The van der Waals surface area contributed by atoms with Gasteiger partial charge < -0.3 is 4.74 Å². The molecule has 26 heavy (non-hydrogen) atoms. The highest BCUT2D eigenvalue weighted by atomic mass is 32.2. The average molecular weight is 374 g/mol. The summed E-state index contributed by atoms with van der Waals surface area (Å²) in [5.41, 5.74) is 0.389. The Bertz CT molecular complexity index is 860. The minimum absolute atomic E-state index is 0.0479. The van der Waals surface area contributed by atoms with Crippen molar-refractivity contribution in [1.29, 1.82) is 0 Å². The normalized spacial score (nSPS) is 20.5. The molecule has 1 heterocycles. The Kier molecular flexibility index (Phi) is 5.68. The van der Waals surface area contributed by atoms with Gasteiger partial charge in [-0.25, -0.2) is 18.1 Å². The van der Waals surface area contributed by atoms with Crippen LogP contribution in [0, 0.1) is 0 Å². The molecule has 0 aliphatic heterocycles. The second-order valence-electron chi connectivity index (χ2n) is 6.46. The summed E-state index contributed by atoms with van der Waals surface area (Å²) in [7, 11) is -3.65. The number of nitrogens with one attached hydrogen (secondary N) is 1. The third-order valence-electron chi connectivity index (χ3n) is 4.47. The van der Waals surface area contributed by atoms with Gasteiger partial charge in [-0.05, 0) is 50.8 Å². The van der Waals surface area contributed by atoms with Crippen molar-refractivity contribution in [2.24, 2.45) is 0 Å². The van der Waals surface area contributed by atoms with Gasteiger partial charge in [0.15, 0.2) is 5.78 Å². The van der Waals surface area contributed by atoms with Crippen LogP contribution in [0.2, 0.25) is 0 Å². The van der Waals surface area contributed by atoms with E-state index in [2.05, 4.69) is 9.71 Å². The molecule has 1 N–H and O–H groups in total. The Morgan fingerprint density at radius 3 is 2.54 bits per heavy atom. The predicted molar refractivity (Wildman–Crippen MR) is 97.7 cm³/mol. The maximum absolute atomic E-state index is 12.6. The first kappa shape index (κ1) is 18.5. The second-order valence-corrected chi connectivity index (χ2v) is 8.18. The third-order valence-corrected chi connectivity index (χ3v) is 5.99. The van der Waals surface area contributed by atoms with E-state index in [0.29, 0.717) is 24.3 Å². The number of sulfonamides is 1. The van der Waals surface area contributed by atoms with Crippen LogP contribution in [0.4, 0.5) is 0 Å². The number of benzene rings is 1. The van der Waals surface area contributed by atoms with Crippen molar-refractivity contribution in [3.63, 3.8) is 0 Å². The van der Waals surface area contributed by atoms with Crippen molar-refractivity contribution in [3.8, 4) is 5.88 Å². The average Bonchev–Trinajstić information content (AvgIpc) is 2.64. The summed E-state index contributed by atoms with van der Waals surface area (Å²) in [5, 5.41) is 0. The van der Waals surface area contributed by atoms with Gasteiger partial charge >= 0.3 is 0 Å². The number of aromatic nitrogens is 1. The van der Waals surface area contributed by atoms with Crippen molar-refractivity contribution in [1.82, 2.24) is 9.71 Å². The fourth-order valence-corrected chi connectivity index (χ4v) is 4.41. The zero-order chi connectivity index (χ0) is 18.6. The molecular weight excluding hydrogens is 352 g/mol.